The molecule has 148 valence electrons. The summed E-state index contributed by atoms with van der Waals surface area (Å²) in [5.41, 5.74) is 8.94. The molecule has 0 atom stereocenters. The van der Waals surface area contributed by atoms with Crippen molar-refractivity contribution in [2.24, 2.45) is 15.9 Å². The Balaban J connectivity index is 1.60. The molecule has 0 amide bonds. The smallest absolute Gasteiger partial charge is 0.180 e. The first-order valence-corrected chi connectivity index (χ1v) is 10.1. The number of benzene rings is 3. The molecule has 0 aliphatic carbocycles. The summed E-state index contributed by atoms with van der Waals surface area (Å²) in [5, 5.41) is 8.59. The topological polar surface area (TPSA) is 69.2 Å². The Labute approximate surface area is 175 Å². The standard InChI is InChI=1S/C23H23N3O2S/c1-27-22-13-12-19(14-20(22)16-28-21-10-6-3-7-11-21)15-25-26-23(24)29-17-18-8-4-2-5-9-18/h2-15H,16-17H2,1H3,(H2,24,26). The lowest BCUT2D eigenvalue weighted by atomic mass is 10.1. The van der Waals surface area contributed by atoms with Crippen molar-refractivity contribution >= 4 is 23.1 Å². The third-order valence-electron chi connectivity index (χ3n) is 4.03. The molecule has 0 radical (unpaired) electrons. The van der Waals surface area contributed by atoms with Gasteiger partial charge in [0.05, 0.1) is 13.3 Å². The van der Waals surface area contributed by atoms with Gasteiger partial charge in [-0.05, 0) is 41.5 Å². The molecule has 3 rings (SSSR count). The molecule has 6 heteroatoms. The van der Waals surface area contributed by atoms with E-state index in [0.29, 0.717) is 11.8 Å². The lowest BCUT2D eigenvalue weighted by molar-refractivity contribution is 0.296. The predicted octanol–water partition coefficient (Wildman–Crippen LogP) is 4.86. The fourth-order valence-electron chi connectivity index (χ4n) is 2.58. The van der Waals surface area contributed by atoms with Crippen molar-refractivity contribution in [3.05, 3.63) is 95.6 Å². The molecule has 0 spiro atoms. The third kappa shape index (κ3) is 6.69. The average molecular weight is 406 g/mol. The second-order valence-corrected chi connectivity index (χ2v) is 7.13. The van der Waals surface area contributed by atoms with Gasteiger partial charge in [0, 0.05) is 11.3 Å². The Bertz CT molecular complexity index is 960. The Hall–Kier alpha value is -3.25. The largest absolute Gasteiger partial charge is 0.496 e. The maximum Gasteiger partial charge on any atom is 0.180 e. The summed E-state index contributed by atoms with van der Waals surface area (Å²) in [6, 6.07) is 25.5. The van der Waals surface area contributed by atoms with Crippen LogP contribution in [0.5, 0.6) is 11.5 Å². The summed E-state index contributed by atoms with van der Waals surface area (Å²) in [7, 11) is 1.64. The van der Waals surface area contributed by atoms with E-state index < -0.39 is 0 Å². The van der Waals surface area contributed by atoms with Crippen LogP contribution in [-0.4, -0.2) is 18.5 Å². The molecule has 0 aromatic heterocycles. The second kappa shape index (κ2) is 10.9. The van der Waals surface area contributed by atoms with Crippen LogP contribution in [0.1, 0.15) is 16.7 Å². The van der Waals surface area contributed by atoms with Crippen molar-refractivity contribution < 1.29 is 9.47 Å². The van der Waals surface area contributed by atoms with Gasteiger partial charge in [0.25, 0.3) is 0 Å². The van der Waals surface area contributed by atoms with E-state index in [1.165, 1.54) is 17.3 Å². The molecule has 0 fully saturated rings. The van der Waals surface area contributed by atoms with Crippen molar-refractivity contribution in [3.63, 3.8) is 0 Å². The van der Waals surface area contributed by atoms with Crippen LogP contribution in [0.3, 0.4) is 0 Å². The molecule has 0 unspecified atom stereocenters. The summed E-state index contributed by atoms with van der Waals surface area (Å²) in [6.45, 7) is 0.396. The molecular weight excluding hydrogens is 382 g/mol. The number of ether oxygens (including phenoxy) is 2. The van der Waals surface area contributed by atoms with E-state index in [-0.39, 0.29) is 0 Å². The molecule has 3 aromatic rings. The molecular formula is C23H23N3O2S. The maximum absolute atomic E-state index is 5.93. The van der Waals surface area contributed by atoms with Gasteiger partial charge in [-0.2, -0.15) is 5.10 Å². The Kier molecular flexibility index (Phi) is 7.72. The molecule has 3 aromatic carbocycles. The van der Waals surface area contributed by atoms with Gasteiger partial charge in [-0.15, -0.1) is 5.10 Å². The number of thioether (sulfide) groups is 1. The lowest BCUT2D eigenvalue weighted by Gasteiger charge is -2.11. The zero-order chi connectivity index (χ0) is 20.3. The first-order valence-electron chi connectivity index (χ1n) is 9.12. The van der Waals surface area contributed by atoms with E-state index in [1.807, 2.05) is 66.7 Å². The summed E-state index contributed by atoms with van der Waals surface area (Å²) in [6.07, 6.45) is 1.67. The maximum atomic E-state index is 5.93. The number of amidine groups is 1. The van der Waals surface area contributed by atoms with Crippen LogP contribution in [0, 0.1) is 0 Å². The van der Waals surface area contributed by atoms with Crippen LogP contribution in [0.15, 0.2) is 89.1 Å². The first-order chi connectivity index (χ1) is 14.2. The zero-order valence-corrected chi connectivity index (χ0v) is 17.0. The van der Waals surface area contributed by atoms with Crippen LogP contribution in [-0.2, 0) is 12.4 Å². The summed E-state index contributed by atoms with van der Waals surface area (Å²) in [4.78, 5) is 0. The van der Waals surface area contributed by atoms with E-state index in [4.69, 9.17) is 15.2 Å². The van der Waals surface area contributed by atoms with E-state index in [2.05, 4.69) is 22.3 Å². The van der Waals surface area contributed by atoms with Crippen LogP contribution in [0.2, 0.25) is 0 Å². The van der Waals surface area contributed by atoms with Crippen LogP contribution < -0.4 is 15.2 Å². The van der Waals surface area contributed by atoms with Gasteiger partial charge in [-0.3, -0.25) is 0 Å². The SMILES string of the molecule is COc1ccc(C=NN=C(N)SCc2ccccc2)cc1COc1ccccc1. The van der Waals surface area contributed by atoms with Gasteiger partial charge in [0.15, 0.2) is 5.17 Å². The quantitative estimate of drug-likeness (QED) is 0.330. The van der Waals surface area contributed by atoms with Crippen molar-refractivity contribution in [2.45, 2.75) is 12.4 Å². The Morgan fingerprint density at radius 1 is 1.00 bits per heavy atom. The van der Waals surface area contributed by atoms with Gasteiger partial charge in [0.2, 0.25) is 0 Å². The number of hydrogen-bond acceptors (Lipinski definition) is 5. The summed E-state index contributed by atoms with van der Waals surface area (Å²) < 4.78 is 11.3. The van der Waals surface area contributed by atoms with E-state index in [9.17, 15) is 0 Å². The zero-order valence-electron chi connectivity index (χ0n) is 16.2. The number of nitrogens with two attached hydrogens (primary N) is 1. The minimum absolute atomic E-state index is 0.396. The van der Waals surface area contributed by atoms with Gasteiger partial charge >= 0.3 is 0 Å². The van der Waals surface area contributed by atoms with Crippen molar-refractivity contribution in [3.8, 4) is 11.5 Å². The van der Waals surface area contributed by atoms with Gasteiger partial charge < -0.3 is 15.2 Å². The van der Waals surface area contributed by atoms with Crippen LogP contribution >= 0.6 is 11.8 Å². The highest BCUT2D eigenvalue weighted by Gasteiger charge is 2.05. The lowest BCUT2D eigenvalue weighted by Crippen LogP contribution is -2.06. The van der Waals surface area contributed by atoms with Crippen molar-refractivity contribution in [2.75, 3.05) is 7.11 Å². The number of rotatable bonds is 8. The first kappa shape index (κ1) is 20.5. The normalized spacial score (nSPS) is 11.6. The molecule has 5 nitrogen and oxygen atoms in total. The summed E-state index contributed by atoms with van der Waals surface area (Å²) >= 11 is 1.45. The van der Waals surface area contributed by atoms with Crippen LogP contribution in [0.4, 0.5) is 0 Å². The predicted molar refractivity (Wildman–Crippen MR) is 121 cm³/mol. The Morgan fingerprint density at radius 3 is 2.45 bits per heavy atom. The molecule has 29 heavy (non-hydrogen) atoms. The second-order valence-electron chi connectivity index (χ2n) is 6.13. The number of para-hydroxylation sites is 1. The molecule has 0 aliphatic rings. The summed E-state index contributed by atoms with van der Waals surface area (Å²) in [5.74, 6) is 2.33. The molecule has 0 bridgehead atoms. The molecule has 0 saturated heterocycles. The van der Waals surface area contributed by atoms with Crippen molar-refractivity contribution in [1.29, 1.82) is 0 Å². The molecule has 0 heterocycles. The Morgan fingerprint density at radius 2 is 1.72 bits per heavy atom. The number of nitrogens with zero attached hydrogens (tertiary/aromatic N) is 2. The van der Waals surface area contributed by atoms with Crippen LogP contribution in [0.25, 0.3) is 0 Å². The molecule has 0 aliphatic heterocycles. The van der Waals surface area contributed by atoms with E-state index in [0.717, 1.165) is 28.4 Å². The highest BCUT2D eigenvalue weighted by atomic mass is 32.2. The fraction of sp³-hybridized carbons (Fsp3) is 0.130. The monoisotopic (exact) mass is 405 g/mol. The minimum Gasteiger partial charge on any atom is -0.496 e. The molecule has 0 saturated carbocycles. The van der Waals surface area contributed by atoms with Crippen molar-refractivity contribution in [1.82, 2.24) is 0 Å². The van der Waals surface area contributed by atoms with Gasteiger partial charge in [-0.25, -0.2) is 0 Å². The van der Waals surface area contributed by atoms with E-state index in [1.54, 1.807) is 13.3 Å². The highest BCUT2D eigenvalue weighted by molar-refractivity contribution is 8.13. The fourth-order valence-corrected chi connectivity index (χ4v) is 3.19. The van der Waals surface area contributed by atoms with Gasteiger partial charge in [-0.1, -0.05) is 60.3 Å². The molecule has 2 N–H and O–H groups in total. The average Bonchev–Trinajstić information content (AvgIpc) is 2.78. The number of hydrogen-bond donors (Lipinski definition) is 1. The van der Waals surface area contributed by atoms with E-state index >= 15 is 0 Å². The third-order valence-corrected chi connectivity index (χ3v) is 4.89. The highest BCUT2D eigenvalue weighted by Crippen LogP contribution is 2.22. The van der Waals surface area contributed by atoms with Gasteiger partial charge in [0.1, 0.15) is 18.1 Å². The number of methoxy groups -OCH3 is 1. The minimum atomic E-state index is 0.396.